The molecule has 0 aliphatic carbocycles. The highest BCUT2D eigenvalue weighted by atomic mass is 16.4. The lowest BCUT2D eigenvalue weighted by molar-refractivity contribution is 0.210. The number of anilines is 2. The summed E-state index contributed by atoms with van der Waals surface area (Å²) in [6.07, 6.45) is -1.11. The molecule has 0 aliphatic heterocycles. The van der Waals surface area contributed by atoms with E-state index in [-0.39, 0.29) is 0 Å². The van der Waals surface area contributed by atoms with Gasteiger partial charge in [-0.15, -0.1) is 0 Å². The van der Waals surface area contributed by atoms with Gasteiger partial charge < -0.3 is 15.3 Å². The van der Waals surface area contributed by atoms with Gasteiger partial charge in [0.05, 0.1) is 12.2 Å². The summed E-state index contributed by atoms with van der Waals surface area (Å²) in [6, 6.07) is 3.44. The molecule has 0 unspecified atom stereocenters. The van der Waals surface area contributed by atoms with Crippen molar-refractivity contribution in [3.05, 3.63) is 30.1 Å². The minimum absolute atomic E-state index is 0.435. The molecule has 6 heteroatoms. The van der Waals surface area contributed by atoms with Crippen molar-refractivity contribution in [2.45, 2.75) is 13.8 Å². The monoisotopic (exact) mass is 264 g/mol. The van der Waals surface area contributed by atoms with Crippen molar-refractivity contribution in [1.82, 2.24) is 9.88 Å². The Morgan fingerprint density at radius 2 is 2.21 bits per heavy atom. The van der Waals surface area contributed by atoms with Gasteiger partial charge in [0, 0.05) is 25.0 Å². The molecule has 1 aromatic heterocycles. The van der Waals surface area contributed by atoms with E-state index in [1.54, 1.807) is 12.1 Å². The average Bonchev–Trinajstić information content (AvgIpc) is 2.37. The zero-order valence-corrected chi connectivity index (χ0v) is 11.5. The molecule has 19 heavy (non-hydrogen) atoms. The molecule has 1 heterocycles. The van der Waals surface area contributed by atoms with Crippen molar-refractivity contribution in [3.63, 3.8) is 0 Å². The molecule has 0 saturated carbocycles. The topological polar surface area (TPSA) is 77.5 Å². The molecule has 104 valence electrons. The van der Waals surface area contributed by atoms with E-state index in [0.29, 0.717) is 18.1 Å². The van der Waals surface area contributed by atoms with E-state index in [1.807, 2.05) is 25.8 Å². The maximum absolute atomic E-state index is 10.7. The van der Waals surface area contributed by atoms with Crippen LogP contribution in [-0.4, -0.2) is 41.2 Å². The first-order chi connectivity index (χ1) is 8.93. The Hall–Kier alpha value is -2.24. The highest BCUT2D eigenvalue weighted by Gasteiger charge is 2.08. The molecular formula is C13H20N4O2. The molecule has 0 fully saturated rings. The SMILES string of the molecule is C=C(CNc1nc(C)ccc1NC(=O)O)N(C)CC. The number of rotatable bonds is 6. The number of carbonyl (C=O) groups is 1. The molecule has 0 aliphatic rings. The minimum Gasteiger partial charge on any atom is -0.465 e. The maximum Gasteiger partial charge on any atom is 0.409 e. The fourth-order valence-electron chi connectivity index (χ4n) is 1.45. The molecule has 0 aromatic carbocycles. The van der Waals surface area contributed by atoms with E-state index in [2.05, 4.69) is 22.2 Å². The van der Waals surface area contributed by atoms with Gasteiger partial charge in [0.25, 0.3) is 0 Å². The Bertz CT molecular complexity index is 474. The van der Waals surface area contributed by atoms with Crippen LogP contribution in [0.4, 0.5) is 16.3 Å². The number of carboxylic acid groups (broad SMARTS) is 1. The van der Waals surface area contributed by atoms with E-state index >= 15 is 0 Å². The van der Waals surface area contributed by atoms with Crippen LogP contribution in [0, 0.1) is 6.92 Å². The lowest BCUT2D eigenvalue weighted by atomic mass is 10.3. The Kier molecular flexibility index (Phi) is 5.17. The van der Waals surface area contributed by atoms with Gasteiger partial charge in [0.2, 0.25) is 0 Å². The predicted molar refractivity (Wildman–Crippen MR) is 76.6 cm³/mol. The first kappa shape index (κ1) is 14.8. The highest BCUT2D eigenvalue weighted by Crippen LogP contribution is 2.19. The van der Waals surface area contributed by atoms with Gasteiger partial charge in [-0.3, -0.25) is 5.32 Å². The number of pyridine rings is 1. The fraction of sp³-hybridized carbons (Fsp3) is 0.385. The molecular weight excluding hydrogens is 244 g/mol. The van der Waals surface area contributed by atoms with Gasteiger partial charge in [-0.25, -0.2) is 9.78 Å². The summed E-state index contributed by atoms with van der Waals surface area (Å²) >= 11 is 0. The molecule has 0 atom stereocenters. The van der Waals surface area contributed by atoms with Crippen molar-refractivity contribution < 1.29 is 9.90 Å². The van der Waals surface area contributed by atoms with Crippen LogP contribution in [0.25, 0.3) is 0 Å². The normalized spacial score (nSPS) is 9.84. The van der Waals surface area contributed by atoms with Crippen LogP contribution in [0.1, 0.15) is 12.6 Å². The van der Waals surface area contributed by atoms with Crippen LogP contribution >= 0.6 is 0 Å². The second-order valence-corrected chi connectivity index (χ2v) is 4.21. The zero-order valence-electron chi connectivity index (χ0n) is 11.5. The fourth-order valence-corrected chi connectivity index (χ4v) is 1.45. The molecule has 0 bridgehead atoms. The van der Waals surface area contributed by atoms with E-state index < -0.39 is 6.09 Å². The predicted octanol–water partition coefficient (Wildman–Crippen LogP) is 2.36. The van der Waals surface area contributed by atoms with Gasteiger partial charge >= 0.3 is 6.09 Å². The van der Waals surface area contributed by atoms with Gasteiger partial charge in [0.15, 0.2) is 5.82 Å². The van der Waals surface area contributed by atoms with Crippen LogP contribution in [0.5, 0.6) is 0 Å². The van der Waals surface area contributed by atoms with Crippen LogP contribution in [0.2, 0.25) is 0 Å². The first-order valence-corrected chi connectivity index (χ1v) is 6.04. The van der Waals surface area contributed by atoms with Crippen LogP contribution in [0.15, 0.2) is 24.4 Å². The second kappa shape index (κ2) is 6.63. The highest BCUT2D eigenvalue weighted by molar-refractivity contribution is 5.87. The number of aromatic nitrogens is 1. The maximum atomic E-state index is 10.7. The average molecular weight is 264 g/mol. The Morgan fingerprint density at radius 3 is 2.79 bits per heavy atom. The molecule has 0 radical (unpaired) electrons. The van der Waals surface area contributed by atoms with Crippen LogP contribution < -0.4 is 10.6 Å². The summed E-state index contributed by atoms with van der Waals surface area (Å²) in [5.74, 6) is 0.507. The Labute approximate surface area is 113 Å². The molecule has 1 amide bonds. The third-order valence-electron chi connectivity index (χ3n) is 2.75. The van der Waals surface area contributed by atoms with Gasteiger partial charge in [-0.05, 0) is 26.0 Å². The Morgan fingerprint density at radius 1 is 1.53 bits per heavy atom. The van der Waals surface area contributed by atoms with Crippen LogP contribution in [-0.2, 0) is 0 Å². The van der Waals surface area contributed by atoms with Gasteiger partial charge in [-0.1, -0.05) is 6.58 Å². The number of hydrogen-bond donors (Lipinski definition) is 3. The Balaban J connectivity index is 2.78. The molecule has 1 aromatic rings. The largest absolute Gasteiger partial charge is 0.465 e. The summed E-state index contributed by atoms with van der Waals surface area (Å²) in [6.45, 7) is 9.21. The van der Waals surface area contributed by atoms with Gasteiger partial charge in [0.1, 0.15) is 0 Å². The smallest absolute Gasteiger partial charge is 0.409 e. The number of nitrogens with zero attached hydrogens (tertiary/aromatic N) is 2. The summed E-state index contributed by atoms with van der Waals surface area (Å²) in [7, 11) is 1.95. The first-order valence-electron chi connectivity index (χ1n) is 6.04. The molecule has 0 spiro atoms. The van der Waals surface area contributed by atoms with E-state index in [4.69, 9.17) is 5.11 Å². The third kappa shape index (κ3) is 4.50. The van der Waals surface area contributed by atoms with Crippen LogP contribution in [0.3, 0.4) is 0 Å². The summed E-state index contributed by atoms with van der Waals surface area (Å²) in [5.41, 5.74) is 2.16. The lowest BCUT2D eigenvalue weighted by Crippen LogP contribution is -2.22. The molecule has 1 rings (SSSR count). The quantitative estimate of drug-likeness (QED) is 0.735. The van der Waals surface area contributed by atoms with Crippen molar-refractivity contribution >= 4 is 17.6 Å². The third-order valence-corrected chi connectivity index (χ3v) is 2.75. The van der Waals surface area contributed by atoms with E-state index in [1.165, 1.54) is 0 Å². The van der Waals surface area contributed by atoms with E-state index in [9.17, 15) is 4.79 Å². The van der Waals surface area contributed by atoms with Crippen molar-refractivity contribution in [1.29, 1.82) is 0 Å². The standard InChI is InChI=1S/C13H20N4O2/c1-5-17(4)10(3)8-14-12-11(16-13(18)19)7-6-9(2)15-12/h6-7,16H,3,5,8H2,1-2,4H3,(H,14,15)(H,18,19). The lowest BCUT2D eigenvalue weighted by Gasteiger charge is -2.20. The summed E-state index contributed by atoms with van der Waals surface area (Å²) in [4.78, 5) is 17.0. The van der Waals surface area contributed by atoms with Crippen molar-refractivity contribution in [3.8, 4) is 0 Å². The number of likely N-dealkylation sites (N-methyl/N-ethyl adjacent to an activating group) is 1. The molecule has 6 nitrogen and oxygen atoms in total. The zero-order chi connectivity index (χ0) is 14.4. The summed E-state index contributed by atoms with van der Waals surface area (Å²) < 4.78 is 0. The van der Waals surface area contributed by atoms with Crippen molar-refractivity contribution in [2.24, 2.45) is 0 Å². The number of nitrogens with one attached hydrogen (secondary N) is 2. The number of amides is 1. The second-order valence-electron chi connectivity index (χ2n) is 4.21. The number of hydrogen-bond acceptors (Lipinski definition) is 4. The minimum atomic E-state index is -1.11. The van der Waals surface area contributed by atoms with Crippen molar-refractivity contribution in [2.75, 3.05) is 30.8 Å². The van der Waals surface area contributed by atoms with E-state index in [0.717, 1.165) is 17.9 Å². The number of aryl methyl sites for hydroxylation is 1. The summed E-state index contributed by atoms with van der Waals surface area (Å²) in [5, 5.41) is 14.2. The van der Waals surface area contributed by atoms with Gasteiger partial charge in [-0.2, -0.15) is 0 Å². The molecule has 0 saturated heterocycles. The molecule has 3 N–H and O–H groups in total.